The normalized spacial score (nSPS) is 25.2. The van der Waals surface area contributed by atoms with Crippen LogP contribution in [0.5, 0.6) is 0 Å². The number of hydrogen-bond acceptors (Lipinski definition) is 7. The number of β-lactam (4-membered cyclic amide) rings is 1. The molecule has 0 aromatic rings. The molecular formula is C18H32N4O6S. The van der Waals surface area contributed by atoms with E-state index in [1.54, 1.807) is 13.8 Å². The van der Waals surface area contributed by atoms with Crippen LogP contribution in [0, 0.1) is 0 Å². The molecule has 2 fully saturated rings. The molecule has 2 aliphatic heterocycles. The fraction of sp³-hybridized carbons (Fsp3) is 0.778. The maximum atomic E-state index is 12.2. The van der Waals surface area contributed by atoms with Gasteiger partial charge in [0.15, 0.2) is 0 Å². The maximum Gasteiger partial charge on any atom is 0.327 e. The second kappa shape index (κ2) is 10.8. The lowest BCUT2D eigenvalue weighted by atomic mass is 9.96. The summed E-state index contributed by atoms with van der Waals surface area (Å²) in [5.41, 5.74) is 5.36. The minimum Gasteiger partial charge on any atom is -0.480 e. The standard InChI is InChI=1S/C14H21N3O6S.C4H11N/c1-14(2)9(13(22)23)17-10(19)8(11(17)24-14)16-7(18)5-3-4-6(15)12(20)21;1-3-5-4-2/h6,8-9,11H,3-5,15H2,1-2H3,(H,16,18)(H,20,21)(H,22,23);5H,3-4H2,1-2H3/t6-,8+,9-,11+;/m0./s1. The second-order valence-electron chi connectivity index (χ2n) is 7.44. The molecule has 10 nitrogen and oxygen atoms in total. The zero-order chi connectivity index (χ0) is 22.4. The summed E-state index contributed by atoms with van der Waals surface area (Å²) in [4.78, 5) is 47.4. The number of hydrogen-bond donors (Lipinski definition) is 5. The van der Waals surface area contributed by atoms with E-state index in [2.05, 4.69) is 24.5 Å². The number of rotatable bonds is 9. The Hall–Kier alpha value is -1.85. The van der Waals surface area contributed by atoms with Crippen LogP contribution in [-0.2, 0) is 19.2 Å². The van der Waals surface area contributed by atoms with E-state index in [0.29, 0.717) is 6.42 Å². The highest BCUT2D eigenvalue weighted by atomic mass is 32.2. The monoisotopic (exact) mass is 432 g/mol. The summed E-state index contributed by atoms with van der Waals surface area (Å²) in [5, 5.41) is 23.3. The highest BCUT2D eigenvalue weighted by Crippen LogP contribution is 2.50. The molecule has 0 radical (unpaired) electrons. The lowest BCUT2D eigenvalue weighted by molar-refractivity contribution is -0.161. The molecule has 2 amide bonds. The Kier molecular flexibility index (Phi) is 9.37. The summed E-state index contributed by atoms with van der Waals surface area (Å²) in [6, 6.07) is -2.66. The van der Waals surface area contributed by atoms with Crippen molar-refractivity contribution in [2.24, 2.45) is 5.73 Å². The number of carbonyl (C=O) groups excluding carboxylic acids is 2. The van der Waals surface area contributed by atoms with Gasteiger partial charge in [-0.1, -0.05) is 13.8 Å². The third-order valence-corrected chi connectivity index (χ3v) is 6.30. The van der Waals surface area contributed by atoms with Crippen molar-refractivity contribution < 1.29 is 29.4 Å². The predicted molar refractivity (Wildman–Crippen MR) is 109 cm³/mol. The van der Waals surface area contributed by atoms with Crippen molar-refractivity contribution in [2.45, 2.75) is 75.2 Å². The number of nitrogens with two attached hydrogens (primary N) is 1. The molecule has 2 saturated heterocycles. The number of amides is 2. The van der Waals surface area contributed by atoms with Crippen LogP contribution in [0.25, 0.3) is 0 Å². The molecule has 0 bridgehead atoms. The summed E-state index contributed by atoms with van der Waals surface area (Å²) < 4.78 is -0.639. The fourth-order valence-corrected chi connectivity index (χ4v) is 4.87. The Morgan fingerprint density at radius 1 is 1.24 bits per heavy atom. The van der Waals surface area contributed by atoms with Crippen LogP contribution >= 0.6 is 11.8 Å². The highest BCUT2D eigenvalue weighted by molar-refractivity contribution is 8.01. The Labute approximate surface area is 174 Å². The molecule has 0 aromatic carbocycles. The first-order valence-corrected chi connectivity index (χ1v) is 10.6. The van der Waals surface area contributed by atoms with Crippen molar-refractivity contribution in [3.05, 3.63) is 0 Å². The second-order valence-corrected chi connectivity index (χ2v) is 9.21. The van der Waals surface area contributed by atoms with Crippen LogP contribution < -0.4 is 16.4 Å². The molecule has 0 saturated carbocycles. The van der Waals surface area contributed by atoms with E-state index in [-0.39, 0.29) is 24.1 Å². The van der Waals surface area contributed by atoms with Gasteiger partial charge in [0.1, 0.15) is 23.5 Å². The molecular weight excluding hydrogens is 400 g/mol. The molecule has 166 valence electrons. The highest BCUT2D eigenvalue weighted by Gasteiger charge is 2.64. The Morgan fingerprint density at radius 3 is 2.28 bits per heavy atom. The summed E-state index contributed by atoms with van der Waals surface area (Å²) >= 11 is 1.35. The average Bonchev–Trinajstić information content (AvgIpc) is 2.89. The Balaban J connectivity index is 0.000000749. The number of carbonyl (C=O) groups is 4. The molecule has 0 aliphatic carbocycles. The minimum atomic E-state index is -1.12. The first-order valence-electron chi connectivity index (χ1n) is 9.69. The number of nitrogens with one attached hydrogen (secondary N) is 2. The molecule has 0 aromatic heterocycles. The van der Waals surface area contributed by atoms with Crippen molar-refractivity contribution in [1.29, 1.82) is 0 Å². The van der Waals surface area contributed by atoms with Crippen molar-refractivity contribution >= 4 is 35.5 Å². The van der Waals surface area contributed by atoms with E-state index >= 15 is 0 Å². The van der Waals surface area contributed by atoms with Gasteiger partial charge in [-0.05, 0) is 39.8 Å². The van der Waals surface area contributed by atoms with Crippen LogP contribution in [0.15, 0.2) is 0 Å². The van der Waals surface area contributed by atoms with E-state index in [1.165, 1.54) is 16.7 Å². The Bertz CT molecular complexity index is 627. The van der Waals surface area contributed by atoms with E-state index in [1.807, 2.05) is 0 Å². The van der Waals surface area contributed by atoms with Crippen LogP contribution in [0.1, 0.15) is 47.0 Å². The van der Waals surface area contributed by atoms with Crippen molar-refractivity contribution in [3.8, 4) is 0 Å². The number of carboxylic acid groups (broad SMARTS) is 2. The smallest absolute Gasteiger partial charge is 0.327 e. The third-order valence-electron chi connectivity index (χ3n) is 4.73. The minimum absolute atomic E-state index is 0.0634. The van der Waals surface area contributed by atoms with Gasteiger partial charge < -0.3 is 31.5 Å². The number of thioether (sulfide) groups is 1. The van der Waals surface area contributed by atoms with Gasteiger partial charge in [0.25, 0.3) is 0 Å². The average molecular weight is 433 g/mol. The first-order chi connectivity index (χ1) is 13.5. The molecule has 2 aliphatic rings. The van der Waals surface area contributed by atoms with E-state index in [0.717, 1.165) is 13.1 Å². The number of carboxylic acids is 2. The molecule has 29 heavy (non-hydrogen) atoms. The molecule has 2 heterocycles. The van der Waals surface area contributed by atoms with Gasteiger partial charge in [0, 0.05) is 11.2 Å². The summed E-state index contributed by atoms with van der Waals surface area (Å²) in [6.07, 6.45) is 0.526. The van der Waals surface area contributed by atoms with E-state index in [9.17, 15) is 24.3 Å². The van der Waals surface area contributed by atoms with Crippen LogP contribution in [0.3, 0.4) is 0 Å². The molecule has 0 unspecified atom stereocenters. The van der Waals surface area contributed by atoms with Gasteiger partial charge in [0.05, 0.1) is 0 Å². The summed E-state index contributed by atoms with van der Waals surface area (Å²) in [7, 11) is 0. The molecule has 0 spiro atoms. The van der Waals surface area contributed by atoms with E-state index < -0.39 is 40.7 Å². The first kappa shape index (κ1) is 25.2. The van der Waals surface area contributed by atoms with Gasteiger partial charge in [-0.2, -0.15) is 0 Å². The number of aliphatic carboxylic acids is 2. The zero-order valence-corrected chi connectivity index (χ0v) is 18.1. The van der Waals surface area contributed by atoms with Gasteiger partial charge in [0.2, 0.25) is 11.8 Å². The van der Waals surface area contributed by atoms with Crippen molar-refractivity contribution in [3.63, 3.8) is 0 Å². The van der Waals surface area contributed by atoms with E-state index in [4.69, 9.17) is 10.8 Å². The van der Waals surface area contributed by atoms with Crippen LogP contribution in [-0.4, -0.2) is 80.2 Å². The van der Waals surface area contributed by atoms with Gasteiger partial charge in [-0.25, -0.2) is 4.79 Å². The molecule has 11 heteroatoms. The molecule has 6 N–H and O–H groups in total. The zero-order valence-electron chi connectivity index (χ0n) is 17.3. The SMILES string of the molecule is CC1(C)S[C@@H]2[C@H](NC(=O)CCC[C@H](N)C(=O)O)C(=O)N2[C@H]1C(=O)O.CCNCC. The molecule has 2 rings (SSSR count). The van der Waals surface area contributed by atoms with Gasteiger partial charge in [-0.15, -0.1) is 11.8 Å². The third kappa shape index (κ3) is 6.31. The Morgan fingerprint density at radius 2 is 1.83 bits per heavy atom. The maximum absolute atomic E-state index is 12.2. The van der Waals surface area contributed by atoms with Gasteiger partial charge in [-0.3, -0.25) is 14.4 Å². The predicted octanol–water partition coefficient (Wildman–Crippen LogP) is -0.184. The lowest BCUT2D eigenvalue weighted by Crippen LogP contribution is -2.70. The van der Waals surface area contributed by atoms with Gasteiger partial charge >= 0.3 is 11.9 Å². The summed E-state index contributed by atoms with van der Waals surface area (Å²) in [5.74, 6) is -2.95. The molecule has 4 atom stereocenters. The summed E-state index contributed by atoms with van der Waals surface area (Å²) in [6.45, 7) is 9.91. The lowest BCUT2D eigenvalue weighted by Gasteiger charge is -2.43. The van der Waals surface area contributed by atoms with Crippen LogP contribution in [0.4, 0.5) is 0 Å². The number of fused-ring (bicyclic) bond motifs is 1. The topological polar surface area (TPSA) is 162 Å². The van der Waals surface area contributed by atoms with Crippen LogP contribution in [0.2, 0.25) is 0 Å². The largest absolute Gasteiger partial charge is 0.480 e. The fourth-order valence-electron chi connectivity index (χ4n) is 3.25. The van der Waals surface area contributed by atoms with Crippen molar-refractivity contribution in [1.82, 2.24) is 15.5 Å². The van der Waals surface area contributed by atoms with Crippen molar-refractivity contribution in [2.75, 3.05) is 13.1 Å². The number of nitrogens with zero attached hydrogens (tertiary/aromatic N) is 1. The quantitative estimate of drug-likeness (QED) is 0.311.